The number of hydrogen-bond donors (Lipinski definition) is 1. The van der Waals surface area contributed by atoms with Crippen LogP contribution in [0.1, 0.15) is 43.7 Å². The molecule has 132 valence electrons. The molecular formula is C19H28N2O3. The number of carboxylic acids is 1. The quantitative estimate of drug-likeness (QED) is 0.898. The molecule has 1 atom stereocenters. The van der Waals surface area contributed by atoms with Crippen LogP contribution in [0.5, 0.6) is 5.75 Å². The van der Waals surface area contributed by atoms with Crippen LogP contribution in [0.3, 0.4) is 0 Å². The lowest BCUT2D eigenvalue weighted by Gasteiger charge is -2.30. The number of aliphatic carboxylic acids is 1. The summed E-state index contributed by atoms with van der Waals surface area (Å²) < 4.78 is 5.40. The highest BCUT2D eigenvalue weighted by atomic mass is 16.5. The minimum Gasteiger partial charge on any atom is -0.496 e. The van der Waals surface area contributed by atoms with Gasteiger partial charge in [0.2, 0.25) is 0 Å². The van der Waals surface area contributed by atoms with Crippen molar-refractivity contribution >= 4 is 5.97 Å². The van der Waals surface area contributed by atoms with Gasteiger partial charge in [-0.25, -0.2) is 0 Å². The van der Waals surface area contributed by atoms with Crippen molar-refractivity contribution in [1.29, 1.82) is 0 Å². The number of benzene rings is 1. The summed E-state index contributed by atoms with van der Waals surface area (Å²) in [6, 6.07) is 7.55. The van der Waals surface area contributed by atoms with Gasteiger partial charge in [-0.15, -0.1) is 0 Å². The molecule has 1 N–H and O–H groups in total. The summed E-state index contributed by atoms with van der Waals surface area (Å²) in [4.78, 5) is 16.7. The van der Waals surface area contributed by atoms with Crippen LogP contribution in [0.15, 0.2) is 24.3 Å². The van der Waals surface area contributed by atoms with E-state index in [4.69, 9.17) is 4.74 Å². The molecule has 1 aromatic carbocycles. The van der Waals surface area contributed by atoms with Gasteiger partial charge in [-0.3, -0.25) is 14.6 Å². The molecule has 1 aromatic rings. The standard InChI is InChI=1S/C19H28N2O3/c1-24-17-10-5-4-9-16(17)18(19(22)23)21-12-6-11-20(13-14-21)15-7-2-3-8-15/h4-5,9-10,15,18H,2-3,6-8,11-14H2,1H3,(H,22,23)/t18-/m0/s1. The Bertz CT molecular complexity index is 557. The summed E-state index contributed by atoms with van der Waals surface area (Å²) in [7, 11) is 1.60. The van der Waals surface area contributed by atoms with E-state index in [1.54, 1.807) is 7.11 Å². The van der Waals surface area contributed by atoms with Crippen molar-refractivity contribution < 1.29 is 14.6 Å². The van der Waals surface area contributed by atoms with Gasteiger partial charge in [0.05, 0.1) is 7.11 Å². The molecule has 1 saturated carbocycles. The number of hydrogen-bond acceptors (Lipinski definition) is 4. The van der Waals surface area contributed by atoms with E-state index in [-0.39, 0.29) is 0 Å². The fourth-order valence-corrected chi connectivity index (χ4v) is 4.23. The minimum absolute atomic E-state index is 0.635. The Kier molecular flexibility index (Phi) is 5.74. The number of ether oxygens (including phenoxy) is 1. The SMILES string of the molecule is COc1ccccc1[C@@H](C(=O)O)N1CCCN(C2CCCC2)CC1. The first-order chi connectivity index (χ1) is 11.7. The van der Waals surface area contributed by atoms with Crippen LogP contribution in [-0.4, -0.2) is 60.2 Å². The Morgan fingerprint density at radius 3 is 2.58 bits per heavy atom. The predicted octanol–water partition coefficient (Wildman–Crippen LogP) is 2.77. The van der Waals surface area contributed by atoms with Crippen LogP contribution in [0, 0.1) is 0 Å². The van der Waals surface area contributed by atoms with Crippen LogP contribution in [0.2, 0.25) is 0 Å². The minimum atomic E-state index is -0.797. The molecule has 1 aliphatic heterocycles. The first kappa shape index (κ1) is 17.2. The van der Waals surface area contributed by atoms with Gasteiger partial charge in [-0.1, -0.05) is 31.0 Å². The highest BCUT2D eigenvalue weighted by molar-refractivity contribution is 5.76. The lowest BCUT2D eigenvalue weighted by Crippen LogP contribution is -2.39. The molecule has 24 heavy (non-hydrogen) atoms. The Labute approximate surface area is 144 Å². The zero-order valence-electron chi connectivity index (χ0n) is 14.5. The molecule has 5 heteroatoms. The van der Waals surface area contributed by atoms with Gasteiger partial charge in [0.1, 0.15) is 11.8 Å². The third-order valence-electron chi connectivity index (χ3n) is 5.44. The Morgan fingerprint density at radius 2 is 1.88 bits per heavy atom. The Balaban J connectivity index is 1.75. The molecule has 0 bridgehead atoms. The first-order valence-corrected chi connectivity index (χ1v) is 9.04. The first-order valence-electron chi connectivity index (χ1n) is 9.04. The summed E-state index contributed by atoms with van der Waals surface area (Å²) in [6.07, 6.45) is 6.30. The van der Waals surface area contributed by atoms with Crippen LogP contribution >= 0.6 is 0 Å². The maximum absolute atomic E-state index is 12.0. The topological polar surface area (TPSA) is 53.0 Å². The van der Waals surface area contributed by atoms with Gasteiger partial charge in [-0.2, -0.15) is 0 Å². The second kappa shape index (κ2) is 7.99. The normalized spacial score (nSPS) is 22.2. The molecule has 0 spiro atoms. The van der Waals surface area contributed by atoms with E-state index in [1.807, 2.05) is 24.3 Å². The summed E-state index contributed by atoms with van der Waals surface area (Å²) in [5, 5.41) is 9.86. The molecule has 2 aliphatic rings. The molecule has 5 nitrogen and oxygen atoms in total. The van der Waals surface area contributed by atoms with Crippen molar-refractivity contribution in [2.75, 3.05) is 33.3 Å². The molecule has 0 amide bonds. The maximum atomic E-state index is 12.0. The second-order valence-corrected chi connectivity index (χ2v) is 6.85. The molecule has 1 saturated heterocycles. The van der Waals surface area contributed by atoms with Crippen molar-refractivity contribution in [3.8, 4) is 5.75 Å². The highest BCUT2D eigenvalue weighted by Crippen LogP contribution is 2.31. The van der Waals surface area contributed by atoms with E-state index >= 15 is 0 Å². The van der Waals surface area contributed by atoms with Crippen LogP contribution in [0.4, 0.5) is 0 Å². The average Bonchev–Trinajstić information content (AvgIpc) is 3.02. The molecule has 3 rings (SSSR count). The van der Waals surface area contributed by atoms with Gasteiger partial charge < -0.3 is 9.84 Å². The average molecular weight is 332 g/mol. The summed E-state index contributed by atoms with van der Waals surface area (Å²) in [5.41, 5.74) is 0.752. The molecule has 0 unspecified atom stereocenters. The van der Waals surface area contributed by atoms with Gasteiger partial charge in [0.25, 0.3) is 0 Å². The molecular weight excluding hydrogens is 304 g/mol. The van der Waals surface area contributed by atoms with E-state index < -0.39 is 12.0 Å². The molecule has 1 aliphatic carbocycles. The number of para-hydroxylation sites is 1. The number of carbonyl (C=O) groups is 1. The predicted molar refractivity (Wildman–Crippen MR) is 93.4 cm³/mol. The molecule has 0 radical (unpaired) electrons. The van der Waals surface area contributed by atoms with E-state index in [0.29, 0.717) is 11.8 Å². The maximum Gasteiger partial charge on any atom is 0.325 e. The summed E-state index contributed by atoms with van der Waals surface area (Å²) >= 11 is 0. The van der Waals surface area contributed by atoms with E-state index in [1.165, 1.54) is 25.7 Å². The smallest absolute Gasteiger partial charge is 0.325 e. The monoisotopic (exact) mass is 332 g/mol. The highest BCUT2D eigenvalue weighted by Gasteiger charge is 2.32. The fourth-order valence-electron chi connectivity index (χ4n) is 4.23. The third kappa shape index (κ3) is 3.73. The van der Waals surface area contributed by atoms with E-state index in [2.05, 4.69) is 9.80 Å². The fraction of sp³-hybridized carbons (Fsp3) is 0.632. The van der Waals surface area contributed by atoms with Gasteiger partial charge >= 0.3 is 5.97 Å². The van der Waals surface area contributed by atoms with Crippen molar-refractivity contribution in [1.82, 2.24) is 9.80 Å². The van der Waals surface area contributed by atoms with Crippen molar-refractivity contribution in [3.63, 3.8) is 0 Å². The van der Waals surface area contributed by atoms with Crippen LogP contribution < -0.4 is 4.74 Å². The summed E-state index contributed by atoms with van der Waals surface area (Å²) in [6.45, 7) is 3.66. The van der Waals surface area contributed by atoms with Gasteiger partial charge in [0.15, 0.2) is 0 Å². The molecule has 2 fully saturated rings. The number of nitrogens with zero attached hydrogens (tertiary/aromatic N) is 2. The second-order valence-electron chi connectivity index (χ2n) is 6.85. The summed E-state index contributed by atoms with van der Waals surface area (Å²) in [5.74, 6) is -0.143. The van der Waals surface area contributed by atoms with Gasteiger partial charge in [0, 0.05) is 31.2 Å². The molecule has 1 heterocycles. The van der Waals surface area contributed by atoms with Crippen molar-refractivity contribution in [2.24, 2.45) is 0 Å². The zero-order valence-corrected chi connectivity index (χ0v) is 14.5. The molecule has 0 aromatic heterocycles. The van der Waals surface area contributed by atoms with Crippen LogP contribution in [-0.2, 0) is 4.79 Å². The van der Waals surface area contributed by atoms with Crippen molar-refractivity contribution in [3.05, 3.63) is 29.8 Å². The number of carboxylic acid groups (broad SMARTS) is 1. The Hall–Kier alpha value is -1.59. The van der Waals surface area contributed by atoms with E-state index in [0.717, 1.165) is 38.2 Å². The van der Waals surface area contributed by atoms with Gasteiger partial charge in [-0.05, 0) is 31.9 Å². The van der Waals surface area contributed by atoms with E-state index in [9.17, 15) is 9.90 Å². The van der Waals surface area contributed by atoms with Crippen LogP contribution in [0.25, 0.3) is 0 Å². The lowest BCUT2D eigenvalue weighted by atomic mass is 10.0. The van der Waals surface area contributed by atoms with Crippen molar-refractivity contribution in [2.45, 2.75) is 44.2 Å². The number of methoxy groups -OCH3 is 1. The lowest BCUT2D eigenvalue weighted by molar-refractivity contribution is -0.143. The largest absolute Gasteiger partial charge is 0.496 e. The zero-order chi connectivity index (χ0) is 16.9. The Morgan fingerprint density at radius 1 is 1.12 bits per heavy atom. The third-order valence-corrected chi connectivity index (χ3v) is 5.44. The number of rotatable bonds is 5.